The van der Waals surface area contributed by atoms with Crippen LogP contribution in [0.15, 0.2) is 0 Å². The Bertz CT molecular complexity index is 412. The van der Waals surface area contributed by atoms with Gasteiger partial charge >= 0.3 is 13.6 Å². The minimum absolute atomic E-state index is 0.234. The molecule has 0 bridgehead atoms. The van der Waals surface area contributed by atoms with Gasteiger partial charge in [0.15, 0.2) is 0 Å². The molecule has 1 fully saturated rings. The van der Waals surface area contributed by atoms with Crippen LogP contribution in [0.4, 0.5) is 0 Å². The fraction of sp³-hybridized carbons (Fsp3) is 0.909. The molecule has 0 aromatic carbocycles. The fourth-order valence-corrected chi connectivity index (χ4v) is 4.14. The number of carboxylic acid groups (broad SMARTS) is 1. The highest BCUT2D eigenvalue weighted by atomic mass is 32.1. The molecule has 4 N–H and O–H groups in total. The second-order valence-electron chi connectivity index (χ2n) is 5.85. The molecule has 20 heavy (non-hydrogen) atoms. The van der Waals surface area contributed by atoms with Gasteiger partial charge in [0.05, 0.1) is 26.7 Å². The number of rotatable bonds is 6. The van der Waals surface area contributed by atoms with Crippen molar-refractivity contribution in [2.75, 3.05) is 32.4 Å². The molecule has 9 heteroatoms. The van der Waals surface area contributed by atoms with E-state index in [2.05, 4.69) is 12.6 Å². The number of carbonyl (C=O) groups is 1. The maximum atomic E-state index is 11.3. The molecule has 1 aliphatic heterocycles. The van der Waals surface area contributed by atoms with Gasteiger partial charge in [-0.15, -0.1) is 0 Å². The van der Waals surface area contributed by atoms with Crippen LogP contribution < -0.4 is 0 Å². The van der Waals surface area contributed by atoms with Crippen LogP contribution in [0.3, 0.4) is 0 Å². The lowest BCUT2D eigenvalue weighted by Gasteiger charge is -2.42. The average Bonchev–Trinajstić information content (AvgIpc) is 2.26. The van der Waals surface area contributed by atoms with Crippen LogP contribution in [0.2, 0.25) is 0 Å². The number of aliphatic carboxylic acids is 1. The van der Waals surface area contributed by atoms with Crippen LogP contribution >= 0.6 is 20.2 Å². The van der Waals surface area contributed by atoms with Crippen LogP contribution in [-0.4, -0.2) is 68.2 Å². The second kappa shape index (κ2) is 6.34. The van der Waals surface area contributed by atoms with Crippen molar-refractivity contribution in [1.29, 1.82) is 0 Å². The first-order valence-electron chi connectivity index (χ1n) is 6.50. The van der Waals surface area contributed by atoms with Crippen LogP contribution in [0.25, 0.3) is 0 Å². The lowest BCUT2D eigenvalue weighted by atomic mass is 9.90. The zero-order valence-corrected chi connectivity index (χ0v) is 13.3. The van der Waals surface area contributed by atoms with Gasteiger partial charge in [-0.05, 0) is 12.8 Å². The van der Waals surface area contributed by atoms with Crippen LogP contribution in [0.5, 0.6) is 0 Å². The first kappa shape index (κ1) is 17.9. The molecule has 0 aliphatic carbocycles. The fourth-order valence-electron chi connectivity index (χ4n) is 2.91. The minimum atomic E-state index is -5.13. The molecule has 1 rings (SSSR count). The van der Waals surface area contributed by atoms with Crippen molar-refractivity contribution in [3.05, 3.63) is 0 Å². The molecule has 1 heterocycles. The number of quaternary nitrogens is 1. The molecule has 1 saturated heterocycles. The van der Waals surface area contributed by atoms with Crippen molar-refractivity contribution in [2.24, 2.45) is 5.92 Å². The van der Waals surface area contributed by atoms with E-state index >= 15 is 0 Å². The highest BCUT2D eigenvalue weighted by molar-refractivity contribution is 7.80. The third-order valence-corrected chi connectivity index (χ3v) is 5.58. The summed E-state index contributed by atoms with van der Waals surface area (Å²) in [5, 5.41) is 15.9. The number of hydrogen-bond donors (Lipinski definition) is 5. The van der Waals surface area contributed by atoms with Gasteiger partial charge < -0.3 is 24.5 Å². The number of thiol groups is 1. The Balaban J connectivity index is 2.85. The first-order chi connectivity index (χ1) is 9.04. The summed E-state index contributed by atoms with van der Waals surface area (Å²) in [5.41, 5.74) is 0. The Morgan fingerprint density at radius 1 is 1.50 bits per heavy atom. The molecule has 3 atom stereocenters. The number of hydrogen-bond acceptors (Lipinski definition) is 4. The Hall–Kier alpha value is -0.110. The Labute approximate surface area is 123 Å². The van der Waals surface area contributed by atoms with E-state index in [-0.39, 0.29) is 5.92 Å². The van der Waals surface area contributed by atoms with Gasteiger partial charge in [0.25, 0.3) is 5.34 Å². The Morgan fingerprint density at radius 2 is 2.10 bits per heavy atom. The highest BCUT2D eigenvalue weighted by Gasteiger charge is 2.54. The van der Waals surface area contributed by atoms with E-state index in [9.17, 15) is 14.5 Å². The standard InChI is InChI=1S/C11H22NO6PS/c1-12(5-6-20)4-2-3-9(8-12)7-11(15,10(13)14)19(16,17)18/h9,15H,2-8H2,1H3,(H3-,13,14,16,17,18,20)/p+1. The van der Waals surface area contributed by atoms with Crippen molar-refractivity contribution in [3.63, 3.8) is 0 Å². The zero-order valence-electron chi connectivity index (χ0n) is 11.5. The van der Waals surface area contributed by atoms with E-state index in [4.69, 9.17) is 14.9 Å². The molecule has 1 aliphatic rings. The summed E-state index contributed by atoms with van der Waals surface area (Å²) >= 11 is 4.20. The monoisotopic (exact) mass is 328 g/mol. The van der Waals surface area contributed by atoms with E-state index in [1.807, 2.05) is 7.05 Å². The van der Waals surface area contributed by atoms with Gasteiger partial charge in [-0.25, -0.2) is 4.79 Å². The molecule has 0 spiro atoms. The summed E-state index contributed by atoms with van der Waals surface area (Å²) in [5.74, 6) is -1.41. The third kappa shape index (κ3) is 3.96. The molecular weight excluding hydrogens is 305 g/mol. The number of aliphatic hydroxyl groups is 1. The molecular formula is C11H23NO6PS+. The topological polar surface area (TPSA) is 115 Å². The average molecular weight is 328 g/mol. The summed E-state index contributed by atoms with van der Waals surface area (Å²) in [4.78, 5) is 29.3. The predicted octanol–water partition coefficient (Wildman–Crippen LogP) is 0.114. The first-order valence-corrected chi connectivity index (χ1v) is 8.74. The Morgan fingerprint density at radius 3 is 2.55 bits per heavy atom. The van der Waals surface area contributed by atoms with E-state index in [1.54, 1.807) is 0 Å². The van der Waals surface area contributed by atoms with Crippen LogP contribution in [-0.2, 0) is 9.36 Å². The molecule has 118 valence electrons. The normalized spacial score (nSPS) is 30.8. The quantitative estimate of drug-likeness (QED) is 0.269. The SMILES string of the molecule is C[N+]1(CCS)CCCC(CC(O)(C(=O)O)P(=O)(O)O)C1. The molecule has 7 nitrogen and oxygen atoms in total. The van der Waals surface area contributed by atoms with Gasteiger partial charge in [0.1, 0.15) is 0 Å². The van der Waals surface area contributed by atoms with Crippen LogP contribution in [0.1, 0.15) is 19.3 Å². The van der Waals surface area contributed by atoms with Gasteiger partial charge in [-0.1, -0.05) is 0 Å². The molecule has 0 saturated carbocycles. The van der Waals surface area contributed by atoms with Crippen molar-refractivity contribution in [1.82, 2.24) is 0 Å². The minimum Gasteiger partial charge on any atom is -0.479 e. The van der Waals surface area contributed by atoms with Crippen molar-refractivity contribution in [2.45, 2.75) is 24.6 Å². The van der Waals surface area contributed by atoms with Gasteiger partial charge in [-0.3, -0.25) is 4.57 Å². The molecule has 3 unspecified atom stereocenters. The molecule has 0 amide bonds. The van der Waals surface area contributed by atoms with Crippen molar-refractivity contribution >= 4 is 26.2 Å². The lowest BCUT2D eigenvalue weighted by Crippen LogP contribution is -2.53. The number of piperidine rings is 1. The molecule has 0 aromatic heterocycles. The maximum Gasteiger partial charge on any atom is 0.368 e. The number of carboxylic acids is 1. The smallest absolute Gasteiger partial charge is 0.368 e. The maximum absolute atomic E-state index is 11.3. The van der Waals surface area contributed by atoms with E-state index < -0.39 is 25.3 Å². The van der Waals surface area contributed by atoms with E-state index in [0.717, 1.165) is 19.5 Å². The van der Waals surface area contributed by atoms with Gasteiger partial charge in [-0.2, -0.15) is 12.6 Å². The molecule has 0 aromatic rings. The van der Waals surface area contributed by atoms with E-state index in [1.165, 1.54) is 0 Å². The summed E-state index contributed by atoms with van der Waals surface area (Å²) in [6.07, 6.45) is 1.08. The Kier molecular flexibility index (Phi) is 5.68. The van der Waals surface area contributed by atoms with Crippen molar-refractivity contribution in [3.8, 4) is 0 Å². The second-order valence-corrected chi connectivity index (χ2v) is 8.13. The predicted molar refractivity (Wildman–Crippen MR) is 76.6 cm³/mol. The zero-order chi connectivity index (χ0) is 15.6. The van der Waals surface area contributed by atoms with E-state index in [0.29, 0.717) is 23.2 Å². The highest BCUT2D eigenvalue weighted by Crippen LogP contribution is 2.52. The van der Waals surface area contributed by atoms with Crippen LogP contribution in [0, 0.1) is 5.92 Å². The van der Waals surface area contributed by atoms with Gasteiger partial charge in [0, 0.05) is 18.1 Å². The summed E-state index contributed by atoms with van der Waals surface area (Å²) in [6.45, 7) is 2.33. The van der Waals surface area contributed by atoms with Crippen molar-refractivity contribution < 1.29 is 33.8 Å². The third-order valence-electron chi connectivity index (χ3n) is 4.05. The van der Waals surface area contributed by atoms with Gasteiger partial charge in [0.2, 0.25) is 0 Å². The summed E-state index contributed by atoms with van der Waals surface area (Å²) in [6, 6.07) is 0. The lowest BCUT2D eigenvalue weighted by molar-refractivity contribution is -0.915. The summed E-state index contributed by atoms with van der Waals surface area (Å²) < 4.78 is 12.0. The number of likely N-dealkylation sites (tertiary alicyclic amines) is 1. The largest absolute Gasteiger partial charge is 0.479 e. The molecule has 0 radical (unpaired) electrons. The summed E-state index contributed by atoms with van der Waals surface area (Å²) in [7, 11) is -3.12. The number of nitrogens with zero attached hydrogens (tertiary/aromatic N) is 1.